The third-order valence-corrected chi connectivity index (χ3v) is 3.96. The van der Waals surface area contributed by atoms with Crippen LogP contribution >= 0.6 is 0 Å². The molecule has 0 aromatic heterocycles. The van der Waals surface area contributed by atoms with Gasteiger partial charge in [-0.05, 0) is 19.2 Å². The Morgan fingerprint density at radius 1 is 1.18 bits per heavy atom. The second-order valence-corrected chi connectivity index (χ2v) is 5.39. The van der Waals surface area contributed by atoms with Crippen molar-refractivity contribution in [2.24, 2.45) is 0 Å². The first-order valence-electron chi connectivity index (χ1n) is 7.19. The first-order valence-corrected chi connectivity index (χ1v) is 7.19. The van der Waals surface area contributed by atoms with E-state index in [1.807, 2.05) is 11.9 Å². The number of methoxy groups -OCH3 is 1. The van der Waals surface area contributed by atoms with E-state index in [0.29, 0.717) is 24.4 Å². The minimum absolute atomic E-state index is 0.0672. The summed E-state index contributed by atoms with van der Waals surface area (Å²) in [5, 5.41) is 0. The lowest BCUT2D eigenvalue weighted by Crippen LogP contribution is -2.46. The molecule has 6 heteroatoms. The Morgan fingerprint density at radius 3 is 2.50 bits per heavy atom. The Hall–Kier alpha value is -2.34. The van der Waals surface area contributed by atoms with Crippen LogP contribution in [0.3, 0.4) is 0 Å². The lowest BCUT2D eigenvalue weighted by atomic mass is 10.1. The molecular weight excluding hydrogens is 284 g/mol. The molecule has 3 rings (SSSR count). The molecule has 0 amide bonds. The number of nitrogens with zero attached hydrogens (tertiary/aromatic N) is 2. The maximum atomic E-state index is 12.5. The lowest BCUT2D eigenvalue weighted by Gasteiger charge is -2.34. The number of ether oxygens (including phenoxy) is 2. The first kappa shape index (κ1) is 14.6. The van der Waals surface area contributed by atoms with Gasteiger partial charge in [-0.25, -0.2) is 4.79 Å². The molecule has 0 atom stereocenters. The predicted octanol–water partition coefficient (Wildman–Crippen LogP) is 0.894. The van der Waals surface area contributed by atoms with Gasteiger partial charge in [-0.2, -0.15) is 0 Å². The molecule has 0 saturated carbocycles. The number of hydrogen-bond acceptors (Lipinski definition) is 6. The van der Waals surface area contributed by atoms with Crippen LogP contribution in [0, 0.1) is 0 Å². The van der Waals surface area contributed by atoms with Gasteiger partial charge in [0.15, 0.2) is 5.70 Å². The van der Waals surface area contributed by atoms with Crippen molar-refractivity contribution in [3.05, 3.63) is 41.3 Å². The second-order valence-electron chi connectivity index (χ2n) is 5.39. The van der Waals surface area contributed by atoms with E-state index in [2.05, 4.69) is 4.90 Å². The predicted molar refractivity (Wildman–Crippen MR) is 79.5 cm³/mol. The highest BCUT2D eigenvalue weighted by Gasteiger charge is 2.36. The molecule has 0 unspecified atom stereocenters. The molecule has 1 aromatic carbocycles. The molecular formula is C16H18N2O4. The topological polar surface area (TPSA) is 59.1 Å². The Bertz CT molecular complexity index is 645. The van der Waals surface area contributed by atoms with Crippen molar-refractivity contribution in [1.29, 1.82) is 0 Å². The van der Waals surface area contributed by atoms with E-state index in [4.69, 9.17) is 9.47 Å². The third-order valence-electron chi connectivity index (χ3n) is 3.96. The van der Waals surface area contributed by atoms with Gasteiger partial charge in [-0.15, -0.1) is 0 Å². The summed E-state index contributed by atoms with van der Waals surface area (Å²) in [6.45, 7) is 2.93. The maximum absolute atomic E-state index is 12.5. The van der Waals surface area contributed by atoms with Crippen LogP contribution in [0.25, 0.3) is 0 Å². The zero-order chi connectivity index (χ0) is 15.7. The monoisotopic (exact) mass is 302 g/mol. The normalized spacial score (nSPS) is 20.5. The Kier molecular flexibility index (Phi) is 3.85. The van der Waals surface area contributed by atoms with E-state index in [9.17, 15) is 9.59 Å². The van der Waals surface area contributed by atoms with Crippen LogP contribution in [0.15, 0.2) is 35.7 Å². The summed E-state index contributed by atoms with van der Waals surface area (Å²) in [5.74, 6) is -0.258. The van der Waals surface area contributed by atoms with E-state index in [1.54, 1.807) is 24.3 Å². The second kappa shape index (κ2) is 5.81. The first-order chi connectivity index (χ1) is 10.6. The van der Waals surface area contributed by atoms with Gasteiger partial charge in [0.1, 0.15) is 5.75 Å². The molecule has 2 aliphatic heterocycles. The highest BCUT2D eigenvalue weighted by molar-refractivity contribution is 6.15. The minimum atomic E-state index is -0.541. The molecule has 0 radical (unpaired) electrons. The highest BCUT2D eigenvalue weighted by Crippen LogP contribution is 2.33. The van der Waals surface area contributed by atoms with Gasteiger partial charge in [0, 0.05) is 26.2 Å². The standard InChI is InChI=1S/C16H18N2O4/c1-17-7-9-18(10-8-17)13(16(20)21-2)15-14(19)11-5-3-4-6-12(11)22-15/h3-6H,7-10H2,1-2H3. The Balaban J connectivity index is 2.00. The smallest absolute Gasteiger partial charge is 0.358 e. The molecule has 22 heavy (non-hydrogen) atoms. The van der Waals surface area contributed by atoms with Crippen molar-refractivity contribution >= 4 is 11.8 Å². The van der Waals surface area contributed by atoms with Gasteiger partial charge < -0.3 is 19.3 Å². The Labute approximate surface area is 128 Å². The number of rotatable bonds is 2. The van der Waals surface area contributed by atoms with Crippen LogP contribution in [0.5, 0.6) is 5.75 Å². The number of esters is 1. The quantitative estimate of drug-likeness (QED) is 0.597. The minimum Gasteiger partial charge on any atom is -0.464 e. The summed E-state index contributed by atoms with van der Waals surface area (Å²) in [4.78, 5) is 28.8. The number of fused-ring (bicyclic) bond motifs is 1. The Morgan fingerprint density at radius 2 is 1.86 bits per heavy atom. The van der Waals surface area contributed by atoms with Crippen molar-refractivity contribution in [1.82, 2.24) is 9.80 Å². The molecule has 116 valence electrons. The van der Waals surface area contributed by atoms with Gasteiger partial charge in [0.05, 0.1) is 12.7 Å². The summed E-state index contributed by atoms with van der Waals surface area (Å²) in [6, 6.07) is 6.99. The summed E-state index contributed by atoms with van der Waals surface area (Å²) >= 11 is 0. The van der Waals surface area contributed by atoms with Crippen LogP contribution in [-0.4, -0.2) is 61.9 Å². The van der Waals surface area contributed by atoms with E-state index in [1.165, 1.54) is 7.11 Å². The van der Waals surface area contributed by atoms with Gasteiger partial charge in [-0.3, -0.25) is 4.79 Å². The zero-order valence-electron chi connectivity index (χ0n) is 12.7. The molecule has 2 heterocycles. The van der Waals surface area contributed by atoms with Crippen LogP contribution < -0.4 is 4.74 Å². The van der Waals surface area contributed by atoms with Crippen LogP contribution in [0.2, 0.25) is 0 Å². The summed E-state index contributed by atoms with van der Waals surface area (Å²) in [7, 11) is 3.33. The maximum Gasteiger partial charge on any atom is 0.358 e. The molecule has 1 saturated heterocycles. The van der Waals surface area contributed by atoms with E-state index < -0.39 is 5.97 Å². The molecule has 0 bridgehead atoms. The molecule has 6 nitrogen and oxygen atoms in total. The fourth-order valence-electron chi connectivity index (χ4n) is 2.67. The van der Waals surface area contributed by atoms with Gasteiger partial charge in [0.2, 0.25) is 11.5 Å². The number of allylic oxidation sites excluding steroid dienone is 1. The van der Waals surface area contributed by atoms with Crippen molar-refractivity contribution in [2.45, 2.75) is 0 Å². The van der Waals surface area contributed by atoms with Gasteiger partial charge in [-0.1, -0.05) is 12.1 Å². The van der Waals surface area contributed by atoms with Crippen molar-refractivity contribution < 1.29 is 19.1 Å². The van der Waals surface area contributed by atoms with Crippen molar-refractivity contribution in [3.63, 3.8) is 0 Å². The molecule has 1 aromatic rings. The molecule has 0 N–H and O–H groups in total. The average Bonchev–Trinajstić information content (AvgIpc) is 2.87. The summed E-state index contributed by atoms with van der Waals surface area (Å²) in [6.07, 6.45) is 0. The van der Waals surface area contributed by atoms with Gasteiger partial charge in [0.25, 0.3) is 0 Å². The van der Waals surface area contributed by atoms with Gasteiger partial charge >= 0.3 is 5.97 Å². The average molecular weight is 302 g/mol. The largest absolute Gasteiger partial charge is 0.464 e. The number of ketones is 1. The highest BCUT2D eigenvalue weighted by atomic mass is 16.5. The van der Waals surface area contributed by atoms with Crippen molar-refractivity contribution in [2.75, 3.05) is 40.3 Å². The van der Waals surface area contributed by atoms with Crippen LogP contribution in [0.1, 0.15) is 10.4 Å². The number of para-hydroxylation sites is 1. The zero-order valence-corrected chi connectivity index (χ0v) is 12.7. The number of piperazine rings is 1. The number of benzene rings is 1. The van der Waals surface area contributed by atoms with Crippen LogP contribution in [0.4, 0.5) is 0 Å². The van der Waals surface area contributed by atoms with E-state index in [0.717, 1.165) is 13.1 Å². The fourth-order valence-corrected chi connectivity index (χ4v) is 2.67. The fraction of sp³-hybridized carbons (Fsp3) is 0.375. The summed E-state index contributed by atoms with van der Waals surface area (Å²) < 4.78 is 10.5. The van der Waals surface area contributed by atoms with E-state index in [-0.39, 0.29) is 17.2 Å². The number of carbonyl (C=O) groups excluding carboxylic acids is 2. The number of hydrogen-bond donors (Lipinski definition) is 0. The molecule has 0 aliphatic carbocycles. The number of carbonyl (C=O) groups is 2. The molecule has 1 fully saturated rings. The SMILES string of the molecule is COC(=O)C(=C1Oc2ccccc2C1=O)N1CCN(C)CC1. The number of likely N-dealkylation sites (N-methyl/N-ethyl adjacent to an activating group) is 1. The molecule has 2 aliphatic rings. The van der Waals surface area contributed by atoms with Crippen molar-refractivity contribution in [3.8, 4) is 5.75 Å². The lowest BCUT2D eigenvalue weighted by molar-refractivity contribution is -0.138. The number of Topliss-reactive ketones (excluding diaryl/α,β-unsaturated/α-hetero) is 1. The van der Waals surface area contributed by atoms with E-state index >= 15 is 0 Å². The third kappa shape index (κ3) is 2.46. The summed E-state index contributed by atoms with van der Waals surface area (Å²) in [5.41, 5.74) is 0.699. The van der Waals surface area contributed by atoms with Crippen LogP contribution in [-0.2, 0) is 9.53 Å². The molecule has 0 spiro atoms.